The van der Waals surface area contributed by atoms with Crippen molar-refractivity contribution in [2.75, 3.05) is 0 Å². The van der Waals surface area contributed by atoms with Gasteiger partial charge in [-0.25, -0.2) is 0 Å². The number of primary amides is 1. The highest BCUT2D eigenvalue weighted by Gasteiger charge is 2.31. The first-order valence-electron chi connectivity index (χ1n) is 2.52. The maximum absolute atomic E-state index is 10.7. The molecule has 1 saturated heterocycles. The number of carbonyl (C=O) groups excluding carboxylic acids is 2. The summed E-state index contributed by atoms with van der Waals surface area (Å²) in [5.41, 5.74) is 4.83. The van der Waals surface area contributed by atoms with Crippen LogP contribution in [0.3, 0.4) is 0 Å². The molecule has 1 heterocycles. The average molecular weight is 159 g/mol. The van der Waals surface area contributed by atoms with E-state index in [1.54, 1.807) is 0 Å². The van der Waals surface area contributed by atoms with Crippen LogP contribution in [0.4, 0.5) is 0 Å². The summed E-state index contributed by atoms with van der Waals surface area (Å²) in [5, 5.41) is 4.78. The van der Waals surface area contributed by atoms with Crippen molar-refractivity contribution in [2.24, 2.45) is 5.73 Å². The Morgan fingerprint density at radius 1 is 1.70 bits per heavy atom. The van der Waals surface area contributed by atoms with E-state index in [-0.39, 0.29) is 5.11 Å². The van der Waals surface area contributed by atoms with Gasteiger partial charge in [-0.05, 0) is 12.2 Å². The summed E-state index contributed by atoms with van der Waals surface area (Å²) < 4.78 is 0. The van der Waals surface area contributed by atoms with E-state index in [4.69, 9.17) is 5.73 Å². The molecule has 2 amide bonds. The van der Waals surface area contributed by atoms with Crippen LogP contribution in [0.5, 0.6) is 0 Å². The number of hydrogen-bond acceptors (Lipinski definition) is 3. The first-order valence-corrected chi connectivity index (χ1v) is 2.93. The van der Waals surface area contributed by atoms with E-state index in [9.17, 15) is 9.59 Å². The molecule has 1 aliphatic heterocycles. The number of carbonyl (C=O) groups is 2. The third kappa shape index (κ3) is 1.06. The lowest BCUT2D eigenvalue weighted by molar-refractivity contribution is -0.128. The van der Waals surface area contributed by atoms with Crippen molar-refractivity contribution in [3.05, 3.63) is 0 Å². The van der Waals surface area contributed by atoms with E-state index in [0.717, 1.165) is 0 Å². The van der Waals surface area contributed by atoms with Crippen molar-refractivity contribution < 1.29 is 9.59 Å². The van der Waals surface area contributed by atoms with Gasteiger partial charge in [0.1, 0.15) is 0 Å². The molecule has 0 unspecified atom stereocenters. The van der Waals surface area contributed by atoms with Crippen molar-refractivity contribution in [2.45, 2.75) is 6.04 Å². The topological polar surface area (TPSA) is 84.2 Å². The molecule has 6 heteroatoms. The van der Waals surface area contributed by atoms with E-state index in [1.165, 1.54) is 0 Å². The minimum atomic E-state index is -0.993. The Morgan fingerprint density at radius 3 is 2.50 bits per heavy atom. The monoisotopic (exact) mass is 159 g/mol. The standard InChI is InChI=1S/C4H5N3O2S/c5-2(8)1-3(9)7-4(10)6-1/h1H,(H2,5,8)(H2,6,7,9,10)/t1-/m1/s1. The molecular weight excluding hydrogens is 154 g/mol. The van der Waals surface area contributed by atoms with Crippen molar-refractivity contribution in [1.29, 1.82) is 0 Å². The molecule has 4 N–H and O–H groups in total. The molecule has 0 radical (unpaired) electrons. The molecule has 0 aromatic heterocycles. The third-order valence-electron chi connectivity index (χ3n) is 1.06. The molecule has 0 aromatic carbocycles. The summed E-state index contributed by atoms with van der Waals surface area (Å²) in [5.74, 6) is -1.21. The van der Waals surface area contributed by atoms with Crippen molar-refractivity contribution in [3.8, 4) is 0 Å². The predicted octanol–water partition coefficient (Wildman–Crippen LogP) is -2.16. The van der Waals surface area contributed by atoms with Crippen LogP contribution in [0.25, 0.3) is 0 Å². The van der Waals surface area contributed by atoms with Gasteiger partial charge in [0.05, 0.1) is 0 Å². The second-order valence-electron chi connectivity index (χ2n) is 1.80. The Kier molecular flexibility index (Phi) is 1.54. The quantitative estimate of drug-likeness (QED) is 0.301. The lowest BCUT2D eigenvalue weighted by atomic mass is 10.3. The molecule has 0 bridgehead atoms. The Balaban J connectivity index is 2.72. The number of nitrogens with two attached hydrogens (primary N) is 1. The molecular formula is C4H5N3O2S. The SMILES string of the molecule is NC(=O)[C@H]1NC(=S)NC1=O. The van der Waals surface area contributed by atoms with E-state index in [2.05, 4.69) is 22.9 Å². The molecule has 0 aliphatic carbocycles. The lowest BCUT2D eigenvalue weighted by Gasteiger charge is -1.98. The summed E-state index contributed by atoms with van der Waals surface area (Å²) in [6.07, 6.45) is 0. The van der Waals surface area contributed by atoms with Gasteiger partial charge < -0.3 is 16.4 Å². The zero-order valence-corrected chi connectivity index (χ0v) is 5.70. The first-order chi connectivity index (χ1) is 4.61. The van der Waals surface area contributed by atoms with E-state index >= 15 is 0 Å². The first kappa shape index (κ1) is 6.94. The van der Waals surface area contributed by atoms with Gasteiger partial charge in [-0.1, -0.05) is 0 Å². The molecule has 0 spiro atoms. The second kappa shape index (κ2) is 2.22. The van der Waals surface area contributed by atoms with Gasteiger partial charge in [-0.15, -0.1) is 0 Å². The van der Waals surface area contributed by atoms with E-state index < -0.39 is 17.9 Å². The number of nitrogens with one attached hydrogen (secondary N) is 2. The van der Waals surface area contributed by atoms with Gasteiger partial charge in [0.25, 0.3) is 5.91 Å². The zero-order chi connectivity index (χ0) is 7.72. The Morgan fingerprint density at radius 2 is 2.30 bits per heavy atom. The molecule has 5 nitrogen and oxygen atoms in total. The predicted molar refractivity (Wildman–Crippen MR) is 36.9 cm³/mol. The molecule has 0 aromatic rings. The van der Waals surface area contributed by atoms with Crippen LogP contribution in [-0.2, 0) is 9.59 Å². The summed E-state index contributed by atoms with van der Waals surface area (Å²) in [6, 6.07) is -0.993. The smallest absolute Gasteiger partial charge is 0.258 e. The lowest BCUT2D eigenvalue weighted by Crippen LogP contribution is -2.41. The highest BCUT2D eigenvalue weighted by Crippen LogP contribution is 1.90. The minimum absolute atomic E-state index is 0.147. The van der Waals surface area contributed by atoms with Crippen LogP contribution in [0, 0.1) is 0 Å². The maximum Gasteiger partial charge on any atom is 0.258 e. The summed E-state index contributed by atoms with van der Waals surface area (Å²) >= 11 is 4.54. The highest BCUT2D eigenvalue weighted by molar-refractivity contribution is 7.80. The summed E-state index contributed by atoms with van der Waals surface area (Å²) in [4.78, 5) is 21.1. The normalized spacial score (nSPS) is 23.8. The van der Waals surface area contributed by atoms with Crippen LogP contribution in [0.15, 0.2) is 0 Å². The van der Waals surface area contributed by atoms with Gasteiger partial charge in [0.15, 0.2) is 11.2 Å². The Hall–Kier alpha value is -1.17. The fourth-order valence-electron chi connectivity index (χ4n) is 0.617. The van der Waals surface area contributed by atoms with Crippen LogP contribution in [0.1, 0.15) is 0 Å². The second-order valence-corrected chi connectivity index (χ2v) is 2.21. The molecule has 1 aliphatic rings. The molecule has 54 valence electrons. The van der Waals surface area contributed by atoms with Crippen molar-refractivity contribution >= 4 is 29.1 Å². The summed E-state index contributed by atoms with van der Waals surface area (Å²) in [7, 11) is 0. The number of hydrogen-bond donors (Lipinski definition) is 3. The summed E-state index contributed by atoms with van der Waals surface area (Å²) in [6.45, 7) is 0. The van der Waals surface area contributed by atoms with Crippen LogP contribution in [0.2, 0.25) is 0 Å². The molecule has 0 saturated carbocycles. The Bertz CT molecular complexity index is 215. The van der Waals surface area contributed by atoms with Gasteiger partial charge >= 0.3 is 0 Å². The largest absolute Gasteiger partial charge is 0.367 e. The van der Waals surface area contributed by atoms with Crippen LogP contribution in [-0.4, -0.2) is 23.0 Å². The van der Waals surface area contributed by atoms with Gasteiger partial charge in [0, 0.05) is 0 Å². The molecule has 1 rings (SSSR count). The van der Waals surface area contributed by atoms with E-state index in [0.29, 0.717) is 0 Å². The number of thiocarbonyl (C=S) groups is 1. The zero-order valence-electron chi connectivity index (χ0n) is 4.88. The molecule has 10 heavy (non-hydrogen) atoms. The average Bonchev–Trinajstić information content (AvgIpc) is 2.10. The van der Waals surface area contributed by atoms with Gasteiger partial charge in [-0.3, -0.25) is 9.59 Å². The number of rotatable bonds is 1. The molecule has 1 atom stereocenters. The van der Waals surface area contributed by atoms with Crippen molar-refractivity contribution in [3.63, 3.8) is 0 Å². The van der Waals surface area contributed by atoms with Gasteiger partial charge in [0.2, 0.25) is 5.91 Å². The highest BCUT2D eigenvalue weighted by atomic mass is 32.1. The molecule has 1 fully saturated rings. The third-order valence-corrected chi connectivity index (χ3v) is 1.28. The fourth-order valence-corrected chi connectivity index (χ4v) is 0.836. The minimum Gasteiger partial charge on any atom is -0.367 e. The van der Waals surface area contributed by atoms with Crippen LogP contribution < -0.4 is 16.4 Å². The number of amides is 2. The van der Waals surface area contributed by atoms with Crippen molar-refractivity contribution in [1.82, 2.24) is 10.6 Å². The fraction of sp³-hybridized carbons (Fsp3) is 0.250. The van der Waals surface area contributed by atoms with E-state index in [1.807, 2.05) is 0 Å². The maximum atomic E-state index is 10.7. The van der Waals surface area contributed by atoms with Gasteiger partial charge in [-0.2, -0.15) is 0 Å². The van der Waals surface area contributed by atoms with Crippen LogP contribution >= 0.6 is 12.2 Å². The Labute approximate surface area is 61.9 Å².